The van der Waals surface area contributed by atoms with Crippen LogP contribution in [-0.4, -0.2) is 81.8 Å². The molecule has 2 aromatic heterocycles. The van der Waals surface area contributed by atoms with Crippen molar-refractivity contribution in [1.29, 1.82) is 0 Å². The van der Waals surface area contributed by atoms with Crippen LogP contribution in [0.5, 0.6) is 5.75 Å². The summed E-state index contributed by atoms with van der Waals surface area (Å²) in [5.41, 5.74) is 2.06. The lowest BCUT2D eigenvalue weighted by Gasteiger charge is -2.44. The number of hydrogen-bond donors (Lipinski definition) is 0. The zero-order chi connectivity index (χ0) is 27.9. The number of piperidine rings is 1. The van der Waals surface area contributed by atoms with E-state index in [1.165, 1.54) is 11.3 Å². The van der Waals surface area contributed by atoms with E-state index in [0.717, 1.165) is 23.1 Å². The van der Waals surface area contributed by atoms with Gasteiger partial charge in [-0.25, -0.2) is 9.18 Å². The van der Waals surface area contributed by atoms with Crippen molar-refractivity contribution < 1.29 is 23.4 Å². The molecule has 2 aliphatic heterocycles. The number of alkyl halides is 1. The van der Waals surface area contributed by atoms with E-state index in [2.05, 4.69) is 15.3 Å². The number of carbonyl (C=O) groups is 1. The van der Waals surface area contributed by atoms with Gasteiger partial charge in [0.15, 0.2) is 11.8 Å². The monoisotopic (exact) mass is 558 g/mol. The molecule has 0 N–H and O–H groups in total. The number of anilines is 1. The molecule has 2 bridgehead atoms. The fourth-order valence-electron chi connectivity index (χ4n) is 5.39. The number of ether oxygens (including phenoxy) is 3. The van der Waals surface area contributed by atoms with E-state index < -0.39 is 29.9 Å². The lowest BCUT2D eigenvalue weighted by atomic mass is 9.95. The molecular weight excluding hydrogens is 523 g/mol. The van der Waals surface area contributed by atoms with E-state index in [0.29, 0.717) is 28.7 Å². The van der Waals surface area contributed by atoms with Gasteiger partial charge >= 0.3 is 6.09 Å². The molecule has 2 fully saturated rings. The van der Waals surface area contributed by atoms with E-state index in [1.54, 1.807) is 22.9 Å². The van der Waals surface area contributed by atoms with Crippen molar-refractivity contribution in [1.82, 2.24) is 24.9 Å². The summed E-state index contributed by atoms with van der Waals surface area (Å²) in [7, 11) is 5.28. The number of aryl methyl sites for hydroxylation is 1. The highest BCUT2D eigenvalue weighted by Crippen LogP contribution is 2.43. The van der Waals surface area contributed by atoms with Crippen LogP contribution >= 0.6 is 11.3 Å². The number of amides is 1. The highest BCUT2D eigenvalue weighted by Gasteiger charge is 2.52. The average molecular weight is 559 g/mol. The largest absolute Gasteiger partial charge is 0.467 e. The first-order chi connectivity index (χ1) is 18.6. The Kier molecular flexibility index (Phi) is 7.51. The standard InChI is InChI=1S/C27H35FN6O4S/c1-27(2,3)38-26(35)34-18-8-10-20(34)23(28)21(12-18)33(5)25-31-30-24(39-25)19-9-7-16(11-22(19)37-15-36-6)17-13-29-32(4)14-17/h7,9,11,13-14,18,20-21,23H,8,10,12,15H2,1-6H3/t18?,20?,21-,23+/m1/s1. The molecule has 0 saturated carbocycles. The molecule has 210 valence electrons. The summed E-state index contributed by atoms with van der Waals surface area (Å²) >= 11 is 1.38. The number of halogens is 1. The van der Waals surface area contributed by atoms with Gasteiger partial charge in [0.25, 0.3) is 0 Å². The van der Waals surface area contributed by atoms with Gasteiger partial charge in [-0.2, -0.15) is 5.10 Å². The Bertz CT molecular complexity index is 1320. The van der Waals surface area contributed by atoms with E-state index in [9.17, 15) is 4.79 Å². The molecule has 0 spiro atoms. The van der Waals surface area contributed by atoms with Crippen LogP contribution in [0.3, 0.4) is 0 Å². The minimum atomic E-state index is -1.23. The van der Waals surface area contributed by atoms with E-state index in [1.807, 2.05) is 64.2 Å². The van der Waals surface area contributed by atoms with Crippen LogP contribution in [0.25, 0.3) is 21.7 Å². The second-order valence-electron chi connectivity index (χ2n) is 11.1. The zero-order valence-corrected chi connectivity index (χ0v) is 23.9. The topological polar surface area (TPSA) is 94.8 Å². The summed E-state index contributed by atoms with van der Waals surface area (Å²) in [6.07, 6.45) is 3.96. The van der Waals surface area contributed by atoms with Crippen molar-refractivity contribution in [3.63, 3.8) is 0 Å². The third kappa shape index (κ3) is 5.58. The van der Waals surface area contributed by atoms with Gasteiger partial charge in [0.1, 0.15) is 17.5 Å². The molecule has 4 atom stereocenters. The van der Waals surface area contributed by atoms with E-state index >= 15 is 4.39 Å². The maximum atomic E-state index is 15.9. The van der Waals surface area contributed by atoms with Crippen molar-refractivity contribution in [2.75, 3.05) is 25.9 Å². The smallest absolute Gasteiger partial charge is 0.410 e. The summed E-state index contributed by atoms with van der Waals surface area (Å²) in [5.74, 6) is 0.607. The van der Waals surface area contributed by atoms with Gasteiger partial charge in [0.2, 0.25) is 5.13 Å². The predicted molar refractivity (Wildman–Crippen MR) is 147 cm³/mol. The van der Waals surface area contributed by atoms with E-state index in [4.69, 9.17) is 14.2 Å². The minimum Gasteiger partial charge on any atom is -0.467 e. The summed E-state index contributed by atoms with van der Waals surface area (Å²) in [4.78, 5) is 16.3. The molecule has 0 aliphatic carbocycles. The number of aromatic nitrogens is 4. The Morgan fingerprint density at radius 3 is 2.72 bits per heavy atom. The summed E-state index contributed by atoms with van der Waals surface area (Å²) < 4.78 is 34.2. The van der Waals surface area contributed by atoms with Crippen LogP contribution in [0, 0.1) is 0 Å². The molecule has 10 nitrogen and oxygen atoms in total. The predicted octanol–water partition coefficient (Wildman–Crippen LogP) is 4.90. The Hall–Kier alpha value is -3.25. The Labute approximate surface area is 231 Å². The zero-order valence-electron chi connectivity index (χ0n) is 23.1. The van der Waals surface area contributed by atoms with Crippen LogP contribution in [0.1, 0.15) is 40.0 Å². The van der Waals surface area contributed by atoms with Crippen molar-refractivity contribution in [2.45, 2.75) is 69.9 Å². The number of hydrogen-bond acceptors (Lipinski definition) is 9. The van der Waals surface area contributed by atoms with Crippen LogP contribution < -0.4 is 9.64 Å². The first-order valence-corrected chi connectivity index (χ1v) is 13.8. The molecule has 3 aromatic rings. The normalized spacial score (nSPS) is 22.7. The quantitative estimate of drug-likeness (QED) is 0.378. The minimum absolute atomic E-state index is 0.0641. The molecule has 1 aromatic carbocycles. The Morgan fingerprint density at radius 1 is 1.23 bits per heavy atom. The number of rotatable bonds is 7. The van der Waals surface area contributed by atoms with Crippen molar-refractivity contribution in [3.8, 4) is 27.4 Å². The average Bonchev–Trinajstić information content (AvgIpc) is 3.62. The van der Waals surface area contributed by atoms with E-state index in [-0.39, 0.29) is 12.8 Å². The summed E-state index contributed by atoms with van der Waals surface area (Å²) in [6.45, 7) is 5.56. The SMILES string of the molecule is COCOc1cc(-c2cnn(C)c2)ccc1-c1nnc(N(C)[C@@H]2CC3CCC([C@@H]2F)N3C(=O)OC(C)(C)C)s1. The van der Waals surface area contributed by atoms with Crippen molar-refractivity contribution in [2.24, 2.45) is 7.05 Å². The molecule has 4 heterocycles. The number of benzene rings is 1. The molecule has 5 rings (SSSR count). The lowest BCUT2D eigenvalue weighted by Crippen LogP contribution is -2.59. The first-order valence-electron chi connectivity index (χ1n) is 13.0. The highest BCUT2D eigenvalue weighted by atomic mass is 32.1. The molecule has 1 amide bonds. The van der Waals surface area contributed by atoms with Crippen LogP contribution in [0.4, 0.5) is 14.3 Å². The molecule has 0 radical (unpaired) electrons. The second-order valence-corrected chi connectivity index (χ2v) is 12.1. The van der Waals surface area contributed by atoms with Gasteiger partial charge in [-0.1, -0.05) is 17.4 Å². The molecule has 12 heteroatoms. The molecule has 2 unspecified atom stereocenters. The lowest BCUT2D eigenvalue weighted by molar-refractivity contribution is -0.0103. The maximum Gasteiger partial charge on any atom is 0.410 e. The number of fused-ring (bicyclic) bond motifs is 2. The summed E-state index contributed by atoms with van der Waals surface area (Å²) in [6, 6.07) is 4.86. The van der Waals surface area contributed by atoms with Crippen molar-refractivity contribution >= 4 is 22.6 Å². The van der Waals surface area contributed by atoms with Gasteiger partial charge in [0, 0.05) is 39.0 Å². The first kappa shape index (κ1) is 27.3. The Balaban J connectivity index is 1.36. The fourth-order valence-corrected chi connectivity index (χ4v) is 6.29. The maximum absolute atomic E-state index is 15.9. The molecular formula is C27H35FN6O4S. The molecule has 2 saturated heterocycles. The van der Waals surface area contributed by atoms with Gasteiger partial charge in [-0.05, 0) is 57.7 Å². The van der Waals surface area contributed by atoms with Crippen LogP contribution in [0.2, 0.25) is 0 Å². The van der Waals surface area contributed by atoms with Crippen molar-refractivity contribution in [3.05, 3.63) is 30.6 Å². The fraction of sp³-hybridized carbons (Fsp3) is 0.556. The summed E-state index contributed by atoms with van der Waals surface area (Å²) in [5, 5.41) is 14.3. The highest BCUT2D eigenvalue weighted by molar-refractivity contribution is 7.18. The van der Waals surface area contributed by atoms with Crippen LogP contribution in [-0.2, 0) is 16.5 Å². The third-order valence-electron chi connectivity index (χ3n) is 7.20. The Morgan fingerprint density at radius 2 is 2.03 bits per heavy atom. The number of nitrogens with zero attached hydrogens (tertiary/aromatic N) is 6. The molecule has 39 heavy (non-hydrogen) atoms. The molecule has 2 aliphatic rings. The van der Waals surface area contributed by atoms with Gasteiger partial charge in [-0.3, -0.25) is 9.58 Å². The van der Waals surface area contributed by atoms with Crippen LogP contribution in [0.15, 0.2) is 30.6 Å². The number of methoxy groups -OCH3 is 1. The van der Waals surface area contributed by atoms with Gasteiger partial charge < -0.3 is 19.1 Å². The number of carbonyl (C=O) groups excluding carboxylic acids is 1. The van der Waals surface area contributed by atoms with Gasteiger partial charge in [0.05, 0.1) is 23.8 Å². The van der Waals surface area contributed by atoms with Gasteiger partial charge in [-0.15, -0.1) is 10.2 Å². The third-order valence-corrected chi connectivity index (χ3v) is 8.24. The second kappa shape index (κ2) is 10.7.